The van der Waals surface area contributed by atoms with Crippen LogP contribution in [0.25, 0.3) is 10.8 Å². The summed E-state index contributed by atoms with van der Waals surface area (Å²) in [5.74, 6) is 5.97. The number of carbonyl (C=O) groups excluding carboxylic acids is 2. The molecule has 1 amide bonds. The largest absolute Gasteiger partial charge is 0.467 e. The summed E-state index contributed by atoms with van der Waals surface area (Å²) in [5, 5.41) is 13.6. The molecule has 1 unspecified atom stereocenters. The number of rotatable bonds is 5. The number of carbonyl (C=O) groups is 2. The van der Waals surface area contributed by atoms with Crippen LogP contribution in [0.5, 0.6) is 0 Å². The SMILES string of the molecule is COC(=O)[C@@H](NC(=O)c1ccc2cc(C#CC3C[C@@H]3CO)ccc2c1)C(C)(C)N. The van der Waals surface area contributed by atoms with E-state index in [2.05, 4.69) is 17.2 Å². The van der Waals surface area contributed by atoms with E-state index in [1.807, 2.05) is 24.3 Å². The molecule has 3 atom stereocenters. The summed E-state index contributed by atoms with van der Waals surface area (Å²) >= 11 is 0. The highest BCUT2D eigenvalue weighted by Crippen LogP contribution is 2.37. The van der Waals surface area contributed by atoms with E-state index in [1.54, 1.807) is 26.0 Å². The Labute approximate surface area is 170 Å². The highest BCUT2D eigenvalue weighted by molar-refractivity contribution is 6.00. The van der Waals surface area contributed by atoms with Gasteiger partial charge in [0.1, 0.15) is 6.04 Å². The summed E-state index contributed by atoms with van der Waals surface area (Å²) in [5.41, 5.74) is 6.38. The molecule has 0 saturated heterocycles. The van der Waals surface area contributed by atoms with Crippen LogP contribution < -0.4 is 11.1 Å². The van der Waals surface area contributed by atoms with E-state index in [9.17, 15) is 9.59 Å². The van der Waals surface area contributed by atoms with Gasteiger partial charge in [-0.2, -0.15) is 0 Å². The van der Waals surface area contributed by atoms with Gasteiger partial charge in [0, 0.05) is 29.2 Å². The number of esters is 1. The van der Waals surface area contributed by atoms with Gasteiger partial charge in [0.15, 0.2) is 0 Å². The molecule has 6 nitrogen and oxygen atoms in total. The minimum atomic E-state index is -0.968. The van der Waals surface area contributed by atoms with E-state index < -0.39 is 23.5 Å². The molecule has 3 rings (SSSR count). The molecule has 0 heterocycles. The van der Waals surface area contributed by atoms with Gasteiger partial charge in [0.25, 0.3) is 5.91 Å². The normalized spacial score (nSPS) is 19.1. The lowest BCUT2D eigenvalue weighted by molar-refractivity contribution is -0.144. The van der Waals surface area contributed by atoms with Crippen molar-refractivity contribution < 1.29 is 19.4 Å². The average Bonchev–Trinajstić information content (AvgIpc) is 3.47. The Morgan fingerprint density at radius 2 is 1.97 bits per heavy atom. The second-order valence-electron chi connectivity index (χ2n) is 8.08. The van der Waals surface area contributed by atoms with E-state index in [0.717, 1.165) is 22.8 Å². The van der Waals surface area contributed by atoms with Gasteiger partial charge in [-0.25, -0.2) is 4.79 Å². The third-order valence-corrected chi connectivity index (χ3v) is 5.12. The molecule has 1 aliphatic carbocycles. The van der Waals surface area contributed by atoms with Crippen molar-refractivity contribution in [1.82, 2.24) is 5.32 Å². The van der Waals surface area contributed by atoms with Crippen LogP contribution in [0.15, 0.2) is 36.4 Å². The number of fused-ring (bicyclic) bond motifs is 1. The quantitative estimate of drug-likeness (QED) is 0.530. The summed E-state index contributed by atoms with van der Waals surface area (Å²) in [6, 6.07) is 10.2. The molecule has 0 aromatic heterocycles. The lowest BCUT2D eigenvalue weighted by atomic mass is 9.95. The predicted molar refractivity (Wildman–Crippen MR) is 111 cm³/mol. The van der Waals surface area contributed by atoms with Crippen molar-refractivity contribution in [2.24, 2.45) is 17.6 Å². The number of benzene rings is 2. The van der Waals surface area contributed by atoms with Crippen LogP contribution >= 0.6 is 0 Å². The van der Waals surface area contributed by atoms with Gasteiger partial charge in [-0.3, -0.25) is 4.79 Å². The highest BCUT2D eigenvalue weighted by atomic mass is 16.5. The first kappa shape index (κ1) is 20.8. The van der Waals surface area contributed by atoms with Crippen molar-refractivity contribution in [3.8, 4) is 11.8 Å². The fourth-order valence-corrected chi connectivity index (χ4v) is 3.15. The van der Waals surface area contributed by atoms with Crippen LogP contribution in [0, 0.1) is 23.7 Å². The Bertz CT molecular complexity index is 997. The monoisotopic (exact) mass is 394 g/mol. The van der Waals surface area contributed by atoms with Gasteiger partial charge in [-0.1, -0.05) is 24.0 Å². The second kappa shape index (κ2) is 8.24. The van der Waals surface area contributed by atoms with Crippen molar-refractivity contribution >= 4 is 22.6 Å². The molecule has 0 bridgehead atoms. The van der Waals surface area contributed by atoms with Gasteiger partial charge >= 0.3 is 5.97 Å². The zero-order valence-electron chi connectivity index (χ0n) is 16.9. The van der Waals surface area contributed by atoms with E-state index in [0.29, 0.717) is 11.5 Å². The van der Waals surface area contributed by atoms with Crippen molar-refractivity contribution in [1.29, 1.82) is 0 Å². The third-order valence-electron chi connectivity index (χ3n) is 5.12. The molecule has 29 heavy (non-hydrogen) atoms. The lowest BCUT2D eigenvalue weighted by Gasteiger charge is -2.28. The maximum Gasteiger partial charge on any atom is 0.330 e. The number of methoxy groups -OCH3 is 1. The summed E-state index contributed by atoms with van der Waals surface area (Å²) in [6.07, 6.45) is 0.960. The molecule has 2 aromatic rings. The van der Waals surface area contributed by atoms with E-state index in [4.69, 9.17) is 15.6 Å². The van der Waals surface area contributed by atoms with E-state index in [-0.39, 0.29) is 12.5 Å². The maximum atomic E-state index is 12.7. The van der Waals surface area contributed by atoms with Gasteiger partial charge in [0.2, 0.25) is 0 Å². The van der Waals surface area contributed by atoms with E-state index >= 15 is 0 Å². The molecular formula is C23H26N2O4. The van der Waals surface area contributed by atoms with Crippen molar-refractivity contribution in [2.45, 2.75) is 31.8 Å². The van der Waals surface area contributed by atoms with Crippen molar-refractivity contribution in [3.05, 3.63) is 47.5 Å². The summed E-state index contributed by atoms with van der Waals surface area (Å²) in [7, 11) is 1.26. The molecule has 0 radical (unpaired) electrons. The summed E-state index contributed by atoms with van der Waals surface area (Å²) in [4.78, 5) is 24.6. The second-order valence-corrected chi connectivity index (χ2v) is 8.08. The standard InChI is InChI=1S/C23H26N2O4/c1-23(2,24)20(22(28)29-3)25-21(27)18-9-8-15-10-14(4-6-16(15)11-18)5-7-17-12-19(17)13-26/h4,6,8-11,17,19-20,26H,12-13,24H2,1-3H3,(H,25,27)/t17?,19-,20-/m1/s1. The van der Waals surface area contributed by atoms with Crippen LogP contribution in [0.2, 0.25) is 0 Å². The Hall–Kier alpha value is -2.88. The van der Waals surface area contributed by atoms with Gasteiger partial charge in [-0.05, 0) is 61.2 Å². The average molecular weight is 394 g/mol. The number of aliphatic hydroxyl groups is 1. The van der Waals surface area contributed by atoms with Gasteiger partial charge in [-0.15, -0.1) is 0 Å². The Kier molecular flexibility index (Phi) is 5.92. The number of hydrogen-bond acceptors (Lipinski definition) is 5. The number of nitrogens with two attached hydrogens (primary N) is 1. The first-order chi connectivity index (χ1) is 13.7. The molecule has 152 valence electrons. The molecular weight excluding hydrogens is 368 g/mol. The predicted octanol–water partition coefficient (Wildman–Crippen LogP) is 1.83. The molecule has 2 aromatic carbocycles. The topological polar surface area (TPSA) is 102 Å². The minimum Gasteiger partial charge on any atom is -0.467 e. The molecule has 0 spiro atoms. The molecule has 1 aliphatic rings. The summed E-state index contributed by atoms with van der Waals surface area (Å²) < 4.78 is 4.76. The van der Waals surface area contributed by atoms with Crippen LogP contribution in [0.4, 0.5) is 0 Å². The molecule has 4 N–H and O–H groups in total. The van der Waals surface area contributed by atoms with Crippen LogP contribution in [0.1, 0.15) is 36.2 Å². The molecule has 1 saturated carbocycles. The van der Waals surface area contributed by atoms with Crippen molar-refractivity contribution in [3.63, 3.8) is 0 Å². The number of ether oxygens (including phenoxy) is 1. The van der Waals surface area contributed by atoms with Crippen LogP contribution in [-0.2, 0) is 9.53 Å². The zero-order chi connectivity index (χ0) is 21.2. The fraction of sp³-hybridized carbons (Fsp3) is 0.391. The lowest BCUT2D eigenvalue weighted by Crippen LogP contribution is -2.59. The first-order valence-corrected chi connectivity index (χ1v) is 9.56. The number of aliphatic hydroxyl groups excluding tert-OH is 1. The number of hydrogen-bond donors (Lipinski definition) is 3. The van der Waals surface area contributed by atoms with Gasteiger partial charge in [0.05, 0.1) is 7.11 Å². The zero-order valence-corrected chi connectivity index (χ0v) is 16.9. The third kappa shape index (κ3) is 4.94. The summed E-state index contributed by atoms with van der Waals surface area (Å²) in [6.45, 7) is 3.50. The van der Waals surface area contributed by atoms with Gasteiger partial charge < -0.3 is 20.9 Å². The fourth-order valence-electron chi connectivity index (χ4n) is 3.15. The Balaban J connectivity index is 1.77. The first-order valence-electron chi connectivity index (χ1n) is 9.56. The van der Waals surface area contributed by atoms with E-state index in [1.165, 1.54) is 7.11 Å². The molecule has 1 fully saturated rings. The van der Waals surface area contributed by atoms with Crippen LogP contribution in [-0.4, -0.2) is 42.3 Å². The molecule has 0 aliphatic heterocycles. The number of nitrogens with one attached hydrogen (secondary N) is 1. The van der Waals surface area contributed by atoms with Crippen LogP contribution in [0.3, 0.4) is 0 Å². The molecule has 6 heteroatoms. The number of amides is 1. The van der Waals surface area contributed by atoms with Crippen molar-refractivity contribution in [2.75, 3.05) is 13.7 Å². The highest BCUT2D eigenvalue weighted by Gasteiger charge is 2.35. The minimum absolute atomic E-state index is 0.195. The maximum absolute atomic E-state index is 12.7. The Morgan fingerprint density at radius 3 is 2.59 bits per heavy atom. The Morgan fingerprint density at radius 1 is 1.28 bits per heavy atom. The smallest absolute Gasteiger partial charge is 0.330 e.